The molecular weight excluding hydrogens is 1260 g/mol. The Morgan fingerprint density at radius 3 is 1.16 bits per heavy atom. The molecule has 0 bridgehead atoms. The highest BCUT2D eigenvalue weighted by atomic mass is 32.1. The second-order valence-electron chi connectivity index (χ2n) is 25.7. The average molecular weight is 1360 g/mol. The standard InChI is InChI=1S/C40H48N4O5S.C37H50N4O5S/c45-38(37(18-19-44-20-22-48-23-21-44)43-39(46)27-33-14-8-3-9-15-33)26-34(24-31-10-4-1-5-11-31)16-17-35(25-32-12-6-2-7-13-32)42-40(47)49-29-36-28-41-30-50-36;1-28(2)21-36(43)40-34(15-16-41-17-19-45-20-18-41)35(42)24-31(22-29-9-5-3-6-10-29)13-14-32(23-30-11-7-4-8-12-30)39-37(44)46-26-33-25-38-27-47-33/h1-15,28,30,34-35,37H,16-27,29H2,(H,42,47)(H,43,46);3-12,25,27-28,31-32,34H,13-24,26H2,1-2H3,(H,39,44)(H,40,43)/t34-,35-,37+;31-,32-,34+/m11/s1. The van der Waals surface area contributed by atoms with Gasteiger partial charge in [0.1, 0.15) is 13.2 Å². The molecule has 5 aromatic carbocycles. The van der Waals surface area contributed by atoms with Crippen LogP contribution in [0.2, 0.25) is 0 Å². The molecule has 97 heavy (non-hydrogen) atoms. The predicted molar refractivity (Wildman–Crippen MR) is 381 cm³/mol. The van der Waals surface area contributed by atoms with Crippen molar-refractivity contribution < 1.29 is 47.7 Å². The lowest BCUT2D eigenvalue weighted by Gasteiger charge is -2.29. The van der Waals surface area contributed by atoms with Gasteiger partial charge in [0.15, 0.2) is 11.6 Å². The van der Waals surface area contributed by atoms with Crippen molar-refractivity contribution >= 4 is 58.2 Å². The van der Waals surface area contributed by atoms with Gasteiger partial charge in [0.05, 0.1) is 65.7 Å². The van der Waals surface area contributed by atoms with Gasteiger partial charge in [-0.25, -0.2) is 9.59 Å². The Balaban J connectivity index is 0.000000248. The first-order chi connectivity index (χ1) is 47.3. The van der Waals surface area contributed by atoms with E-state index in [9.17, 15) is 28.8 Å². The van der Waals surface area contributed by atoms with Crippen LogP contribution in [0.5, 0.6) is 0 Å². The molecule has 2 aliphatic rings. The minimum Gasteiger partial charge on any atom is -0.444 e. The number of morpholine rings is 2. The number of thiazole rings is 2. The van der Waals surface area contributed by atoms with Crippen molar-refractivity contribution in [3.63, 3.8) is 0 Å². The molecule has 18 nitrogen and oxygen atoms in total. The Morgan fingerprint density at radius 1 is 0.443 bits per heavy atom. The fourth-order valence-electron chi connectivity index (χ4n) is 12.3. The van der Waals surface area contributed by atoms with Gasteiger partial charge in [0, 0.05) is 83.0 Å². The highest BCUT2D eigenvalue weighted by molar-refractivity contribution is 7.09. The van der Waals surface area contributed by atoms with Gasteiger partial charge in [0.2, 0.25) is 11.8 Å². The molecule has 0 saturated carbocycles. The number of carbonyl (C=O) groups is 6. The van der Waals surface area contributed by atoms with Crippen molar-refractivity contribution in [1.29, 1.82) is 0 Å². The van der Waals surface area contributed by atoms with Gasteiger partial charge in [-0.2, -0.15) is 0 Å². The summed E-state index contributed by atoms with van der Waals surface area (Å²) in [6.45, 7) is 11.8. The number of Topliss-reactive ketones (excluding diaryl/α,β-unsaturated/α-hetero) is 2. The largest absolute Gasteiger partial charge is 0.444 e. The van der Waals surface area contributed by atoms with Gasteiger partial charge < -0.3 is 40.2 Å². The van der Waals surface area contributed by atoms with Gasteiger partial charge in [0.25, 0.3) is 0 Å². The van der Waals surface area contributed by atoms with Crippen molar-refractivity contribution in [1.82, 2.24) is 41.0 Å². The van der Waals surface area contributed by atoms with Gasteiger partial charge in [-0.1, -0.05) is 166 Å². The SMILES string of the molecule is CC(C)CC(=O)N[C@@H](CCN1CCOCC1)C(=O)C[C@H](CC[C@H](Cc1ccccc1)NC(=O)OCc1cncs1)Cc1ccccc1.O=C(Cc1ccccc1)N[C@@H](CCN1CCOCC1)C(=O)C[C@H](CC[C@H](Cc1ccccc1)NC(=O)OCc1cncs1)Cc1ccccc1. The number of hydrogen-bond acceptors (Lipinski definition) is 16. The second kappa shape index (κ2) is 42.6. The van der Waals surface area contributed by atoms with E-state index in [2.05, 4.69) is 89.6 Å². The van der Waals surface area contributed by atoms with Crippen LogP contribution in [0.15, 0.2) is 175 Å². The van der Waals surface area contributed by atoms with Crippen LogP contribution in [-0.4, -0.2) is 145 Å². The lowest BCUT2D eigenvalue weighted by atomic mass is 9.86. The molecule has 518 valence electrons. The summed E-state index contributed by atoms with van der Waals surface area (Å²) in [7, 11) is 0. The third-order valence-corrected chi connectivity index (χ3v) is 18.9. The molecule has 0 unspecified atom stereocenters. The van der Waals surface area contributed by atoms with E-state index in [4.69, 9.17) is 18.9 Å². The molecule has 4 N–H and O–H groups in total. The Labute approximate surface area is 581 Å². The van der Waals surface area contributed by atoms with Gasteiger partial charge in [-0.15, -0.1) is 22.7 Å². The minimum atomic E-state index is -0.590. The number of ether oxygens (including phenoxy) is 4. The maximum absolute atomic E-state index is 14.2. The van der Waals surface area contributed by atoms with Crippen molar-refractivity contribution in [3.05, 3.63) is 213 Å². The molecule has 4 heterocycles. The molecule has 2 aliphatic heterocycles. The molecule has 4 amide bonds. The van der Waals surface area contributed by atoms with E-state index < -0.39 is 24.3 Å². The van der Waals surface area contributed by atoms with Gasteiger partial charge >= 0.3 is 12.2 Å². The lowest BCUT2D eigenvalue weighted by molar-refractivity contribution is -0.129. The number of benzene rings is 5. The van der Waals surface area contributed by atoms with E-state index in [1.54, 1.807) is 23.4 Å². The van der Waals surface area contributed by atoms with Gasteiger partial charge in [-0.05, 0) is 110 Å². The summed E-state index contributed by atoms with van der Waals surface area (Å²) in [5.41, 5.74) is 8.88. The molecule has 0 aliphatic carbocycles. The lowest BCUT2D eigenvalue weighted by Crippen LogP contribution is -2.46. The third-order valence-electron chi connectivity index (χ3n) is 17.4. The fourth-order valence-corrected chi connectivity index (χ4v) is 13.3. The molecule has 2 fully saturated rings. The smallest absolute Gasteiger partial charge is 0.407 e. The molecule has 0 spiro atoms. The summed E-state index contributed by atoms with van der Waals surface area (Å²) < 4.78 is 22.0. The van der Waals surface area contributed by atoms with Crippen molar-refractivity contribution in [2.75, 3.05) is 65.7 Å². The van der Waals surface area contributed by atoms with Crippen LogP contribution >= 0.6 is 22.7 Å². The summed E-state index contributed by atoms with van der Waals surface area (Å²) in [5.74, 6) is 0.119. The van der Waals surface area contributed by atoms with Crippen LogP contribution < -0.4 is 21.3 Å². The zero-order chi connectivity index (χ0) is 68.1. The van der Waals surface area contributed by atoms with Crippen LogP contribution in [-0.2, 0) is 83.4 Å². The molecule has 2 aromatic heterocycles. The molecular formula is C77H98N8O10S2. The Kier molecular flexibility index (Phi) is 32.9. The monoisotopic (exact) mass is 1360 g/mol. The summed E-state index contributed by atoms with van der Waals surface area (Å²) in [5, 5.41) is 12.4. The fraction of sp³-hybridized carbons (Fsp3) is 0.455. The van der Waals surface area contributed by atoms with Crippen LogP contribution in [0.3, 0.4) is 0 Å². The zero-order valence-corrected chi connectivity index (χ0v) is 58.0. The van der Waals surface area contributed by atoms with Gasteiger partial charge in [-0.3, -0.25) is 38.9 Å². The summed E-state index contributed by atoms with van der Waals surface area (Å²) >= 11 is 2.89. The molecule has 20 heteroatoms. The summed E-state index contributed by atoms with van der Waals surface area (Å²) in [6.07, 6.45) is 10.4. The van der Waals surface area contributed by atoms with Crippen LogP contribution in [0.1, 0.15) is 109 Å². The predicted octanol–water partition coefficient (Wildman–Crippen LogP) is 11.9. The maximum atomic E-state index is 14.2. The molecule has 2 saturated heterocycles. The number of aromatic nitrogens is 2. The average Bonchev–Trinajstić information content (AvgIpc) is 3.44. The second-order valence-corrected chi connectivity index (χ2v) is 27.7. The Hall–Kier alpha value is -7.98. The van der Waals surface area contributed by atoms with Crippen LogP contribution in [0, 0.1) is 17.8 Å². The highest BCUT2D eigenvalue weighted by Crippen LogP contribution is 2.25. The van der Waals surface area contributed by atoms with Crippen molar-refractivity contribution in [2.45, 2.75) is 141 Å². The number of amides is 4. The van der Waals surface area contributed by atoms with E-state index in [0.717, 1.165) is 83.1 Å². The van der Waals surface area contributed by atoms with Crippen LogP contribution in [0.25, 0.3) is 0 Å². The van der Waals surface area contributed by atoms with Crippen molar-refractivity contribution in [2.24, 2.45) is 17.8 Å². The highest BCUT2D eigenvalue weighted by Gasteiger charge is 2.29. The molecule has 6 atom stereocenters. The first-order valence-electron chi connectivity index (χ1n) is 34.4. The Bertz CT molecular complexity index is 3350. The van der Waals surface area contributed by atoms with Crippen LogP contribution in [0.4, 0.5) is 9.59 Å². The quantitative estimate of drug-likeness (QED) is 0.0283. The third kappa shape index (κ3) is 29.7. The molecule has 7 aromatic rings. The van der Waals surface area contributed by atoms with E-state index in [1.165, 1.54) is 22.7 Å². The molecule has 9 rings (SSSR count). The first-order valence-corrected chi connectivity index (χ1v) is 36.1. The number of alkyl carbamates (subject to hydrolysis) is 2. The summed E-state index contributed by atoms with van der Waals surface area (Å²) in [6, 6.07) is 48.7. The zero-order valence-electron chi connectivity index (χ0n) is 56.4. The summed E-state index contributed by atoms with van der Waals surface area (Å²) in [4.78, 5) is 94.5. The van der Waals surface area contributed by atoms with E-state index >= 15 is 0 Å². The number of hydrogen-bond donors (Lipinski definition) is 4. The number of nitrogens with one attached hydrogen (secondary N) is 4. The van der Waals surface area contributed by atoms with E-state index in [0.29, 0.717) is 104 Å². The maximum Gasteiger partial charge on any atom is 0.407 e. The number of ketones is 2. The van der Waals surface area contributed by atoms with E-state index in [1.807, 2.05) is 117 Å². The topological polar surface area (TPSA) is 220 Å². The first kappa shape index (κ1) is 74.8. The number of nitrogens with zero attached hydrogens (tertiary/aromatic N) is 4. The van der Waals surface area contributed by atoms with E-state index in [-0.39, 0.29) is 72.9 Å². The minimum absolute atomic E-state index is 0.00935. The Morgan fingerprint density at radius 2 is 0.804 bits per heavy atom. The van der Waals surface area contributed by atoms with Crippen molar-refractivity contribution in [3.8, 4) is 0 Å². The number of rotatable bonds is 38. The number of carbonyl (C=O) groups excluding carboxylic acids is 6. The molecule has 0 radical (unpaired) electrons. The normalized spacial score (nSPS) is 15.2.